The third-order valence-electron chi connectivity index (χ3n) is 3.85. The summed E-state index contributed by atoms with van der Waals surface area (Å²) >= 11 is 0. The van der Waals surface area contributed by atoms with E-state index < -0.39 is 16.1 Å². The van der Waals surface area contributed by atoms with Crippen molar-refractivity contribution in [3.63, 3.8) is 0 Å². The second kappa shape index (κ2) is 7.51. The van der Waals surface area contributed by atoms with Crippen molar-refractivity contribution in [2.75, 3.05) is 6.54 Å². The molecule has 0 spiro atoms. The van der Waals surface area contributed by atoms with Gasteiger partial charge in [0.25, 0.3) is 5.56 Å². The predicted molar refractivity (Wildman–Crippen MR) is 97.0 cm³/mol. The van der Waals surface area contributed by atoms with Gasteiger partial charge in [0.1, 0.15) is 0 Å². The molecule has 0 amide bonds. The van der Waals surface area contributed by atoms with E-state index in [4.69, 9.17) is 0 Å². The van der Waals surface area contributed by atoms with Crippen LogP contribution in [0, 0.1) is 0 Å². The van der Waals surface area contributed by atoms with Gasteiger partial charge in [0, 0.05) is 18.8 Å². The lowest BCUT2D eigenvalue weighted by molar-refractivity contribution is 0.156. The molecule has 0 saturated heterocycles. The molecule has 0 fully saturated rings. The topological polar surface area (TPSA) is 88.4 Å². The number of nitrogens with one attached hydrogen (secondary N) is 1. The van der Waals surface area contributed by atoms with E-state index in [1.54, 1.807) is 42.6 Å². The summed E-state index contributed by atoms with van der Waals surface area (Å²) in [6.45, 7) is 6.00. The van der Waals surface area contributed by atoms with Gasteiger partial charge in [0.15, 0.2) is 0 Å². The minimum Gasteiger partial charge on any atom is -0.390 e. The molecule has 7 heteroatoms. The van der Waals surface area contributed by atoms with Crippen molar-refractivity contribution in [1.82, 2.24) is 9.29 Å². The number of nitrogens with zero attached hydrogens (tertiary/aromatic N) is 1. The first-order valence-electron chi connectivity index (χ1n) is 8.03. The number of aromatic nitrogens is 1. The Balaban J connectivity index is 2.01. The Labute approximate surface area is 148 Å². The Kier molecular flexibility index (Phi) is 5.82. The molecule has 0 aliphatic heterocycles. The number of hydrogen-bond donors (Lipinski definition) is 2. The van der Waals surface area contributed by atoms with Crippen LogP contribution in [0.3, 0.4) is 0 Å². The molecule has 0 aliphatic carbocycles. The molecule has 1 heterocycles. The zero-order valence-corrected chi connectivity index (χ0v) is 15.5. The van der Waals surface area contributed by atoms with Crippen LogP contribution in [0.4, 0.5) is 0 Å². The van der Waals surface area contributed by atoms with Crippen molar-refractivity contribution in [3.05, 3.63) is 64.6 Å². The van der Waals surface area contributed by atoms with Gasteiger partial charge in [0.2, 0.25) is 10.0 Å². The summed E-state index contributed by atoms with van der Waals surface area (Å²) in [5.41, 5.74) is 0.728. The van der Waals surface area contributed by atoms with Gasteiger partial charge in [-0.15, -0.1) is 0 Å². The molecular weight excluding hydrogens is 340 g/mol. The average molecular weight is 364 g/mol. The Hall–Kier alpha value is -1.96. The lowest BCUT2D eigenvalue weighted by Crippen LogP contribution is -2.36. The van der Waals surface area contributed by atoms with Crippen LogP contribution in [0.5, 0.6) is 0 Å². The molecule has 0 aliphatic rings. The highest BCUT2D eigenvalue weighted by atomic mass is 32.2. The molecule has 2 N–H and O–H groups in total. The number of rotatable bonds is 6. The highest BCUT2D eigenvalue weighted by molar-refractivity contribution is 7.89. The minimum atomic E-state index is -3.72. The van der Waals surface area contributed by atoms with Crippen molar-refractivity contribution in [2.24, 2.45) is 0 Å². The Bertz CT molecular complexity index is 865. The third kappa shape index (κ3) is 5.26. The highest BCUT2D eigenvalue weighted by Gasteiger charge is 2.18. The van der Waals surface area contributed by atoms with E-state index in [9.17, 15) is 18.3 Å². The zero-order valence-electron chi connectivity index (χ0n) is 14.6. The lowest BCUT2D eigenvalue weighted by Gasteiger charge is -2.19. The van der Waals surface area contributed by atoms with Crippen molar-refractivity contribution in [2.45, 2.75) is 43.7 Å². The van der Waals surface area contributed by atoms with E-state index >= 15 is 0 Å². The van der Waals surface area contributed by atoms with E-state index in [0.717, 1.165) is 5.56 Å². The Morgan fingerprint density at radius 3 is 2.32 bits per heavy atom. The maximum absolute atomic E-state index is 12.3. The molecule has 6 nitrogen and oxygen atoms in total. The standard InChI is InChI=1S/C18H24N2O4S/c1-18(2,3)14-7-9-16(10-8-14)25(23,24)19-12-15(21)13-20-11-5-4-6-17(20)22/h4-11,15,19,21H,12-13H2,1-3H3. The maximum Gasteiger partial charge on any atom is 0.250 e. The predicted octanol–water partition coefficient (Wildman–Crippen LogP) is 1.49. The van der Waals surface area contributed by atoms with Gasteiger partial charge >= 0.3 is 0 Å². The molecule has 1 unspecified atom stereocenters. The summed E-state index contributed by atoms with van der Waals surface area (Å²) in [7, 11) is -3.72. The van der Waals surface area contributed by atoms with E-state index in [0.29, 0.717) is 0 Å². The van der Waals surface area contributed by atoms with E-state index in [2.05, 4.69) is 25.5 Å². The molecule has 136 valence electrons. The number of aliphatic hydroxyl groups is 1. The van der Waals surface area contributed by atoms with Crippen molar-refractivity contribution < 1.29 is 13.5 Å². The van der Waals surface area contributed by atoms with E-state index in [1.807, 2.05) is 0 Å². The molecule has 2 rings (SSSR count). The maximum atomic E-state index is 12.3. The SMILES string of the molecule is CC(C)(C)c1ccc(S(=O)(=O)NCC(O)Cn2ccccc2=O)cc1. The first kappa shape index (κ1) is 19.4. The summed E-state index contributed by atoms with van der Waals surface area (Å²) in [5, 5.41) is 10.0. The molecule has 0 saturated carbocycles. The van der Waals surface area contributed by atoms with Gasteiger partial charge in [-0.1, -0.05) is 39.0 Å². The molecule has 1 atom stereocenters. The fraction of sp³-hybridized carbons (Fsp3) is 0.389. The van der Waals surface area contributed by atoms with E-state index in [-0.39, 0.29) is 29.0 Å². The van der Waals surface area contributed by atoms with Crippen LogP contribution in [-0.2, 0) is 22.0 Å². The molecule has 2 aromatic rings. The molecule has 1 aromatic heterocycles. The second-order valence-corrected chi connectivity index (χ2v) is 8.74. The number of benzene rings is 1. The van der Waals surface area contributed by atoms with Crippen LogP contribution in [0.25, 0.3) is 0 Å². The van der Waals surface area contributed by atoms with Gasteiger partial charge in [-0.2, -0.15) is 0 Å². The fourth-order valence-corrected chi connectivity index (χ4v) is 3.40. The quantitative estimate of drug-likeness (QED) is 0.813. The summed E-state index contributed by atoms with van der Waals surface area (Å²) in [5.74, 6) is 0. The van der Waals surface area contributed by atoms with Gasteiger partial charge in [-0.25, -0.2) is 13.1 Å². The summed E-state index contributed by atoms with van der Waals surface area (Å²) in [4.78, 5) is 11.7. The fourth-order valence-electron chi connectivity index (χ4n) is 2.33. The first-order valence-corrected chi connectivity index (χ1v) is 9.52. The highest BCUT2D eigenvalue weighted by Crippen LogP contribution is 2.23. The number of aliphatic hydroxyl groups excluding tert-OH is 1. The van der Waals surface area contributed by atoms with Crippen molar-refractivity contribution in [3.8, 4) is 0 Å². The normalized spacial score (nSPS) is 13.6. The summed E-state index contributed by atoms with van der Waals surface area (Å²) in [6, 6.07) is 11.3. The van der Waals surface area contributed by atoms with Crippen LogP contribution >= 0.6 is 0 Å². The molecule has 0 radical (unpaired) electrons. The molecule has 1 aromatic carbocycles. The largest absolute Gasteiger partial charge is 0.390 e. The molecular formula is C18H24N2O4S. The number of hydrogen-bond acceptors (Lipinski definition) is 4. The Morgan fingerprint density at radius 1 is 1.12 bits per heavy atom. The van der Waals surface area contributed by atoms with Gasteiger partial charge < -0.3 is 9.67 Å². The van der Waals surface area contributed by atoms with Crippen LogP contribution < -0.4 is 10.3 Å². The summed E-state index contributed by atoms with van der Waals surface area (Å²) < 4.78 is 28.4. The smallest absolute Gasteiger partial charge is 0.250 e. The molecule has 0 bridgehead atoms. The Morgan fingerprint density at radius 2 is 1.76 bits per heavy atom. The molecule has 25 heavy (non-hydrogen) atoms. The summed E-state index contributed by atoms with van der Waals surface area (Å²) in [6.07, 6.45) is 0.536. The monoisotopic (exact) mass is 364 g/mol. The first-order chi connectivity index (χ1) is 11.6. The van der Waals surface area contributed by atoms with Gasteiger partial charge in [0.05, 0.1) is 17.5 Å². The van der Waals surface area contributed by atoms with Crippen LogP contribution in [-0.4, -0.2) is 30.7 Å². The van der Waals surface area contributed by atoms with E-state index in [1.165, 1.54) is 10.6 Å². The number of pyridine rings is 1. The van der Waals surface area contributed by atoms with Crippen molar-refractivity contribution in [1.29, 1.82) is 0 Å². The van der Waals surface area contributed by atoms with Gasteiger partial charge in [-0.05, 0) is 29.2 Å². The lowest BCUT2D eigenvalue weighted by atomic mass is 9.87. The van der Waals surface area contributed by atoms with Gasteiger partial charge in [-0.3, -0.25) is 4.79 Å². The van der Waals surface area contributed by atoms with Crippen molar-refractivity contribution >= 4 is 10.0 Å². The third-order valence-corrected chi connectivity index (χ3v) is 5.29. The van der Waals surface area contributed by atoms with Crippen LogP contribution in [0.15, 0.2) is 58.4 Å². The average Bonchev–Trinajstić information content (AvgIpc) is 2.55. The zero-order chi connectivity index (χ0) is 18.7. The van der Waals surface area contributed by atoms with Crippen LogP contribution in [0.1, 0.15) is 26.3 Å². The minimum absolute atomic E-state index is 0.0190. The number of sulfonamides is 1. The second-order valence-electron chi connectivity index (χ2n) is 6.97. The van der Waals surface area contributed by atoms with Crippen LogP contribution in [0.2, 0.25) is 0 Å².